The summed E-state index contributed by atoms with van der Waals surface area (Å²) < 4.78 is 5.62. The van der Waals surface area contributed by atoms with Crippen LogP contribution >= 0.6 is 11.6 Å². The number of anilines is 1. The van der Waals surface area contributed by atoms with Gasteiger partial charge in [0.15, 0.2) is 5.76 Å². The van der Waals surface area contributed by atoms with Gasteiger partial charge in [-0.15, -0.1) is 0 Å². The number of halogens is 1. The molecule has 0 bridgehead atoms. The summed E-state index contributed by atoms with van der Waals surface area (Å²) in [4.78, 5) is 22.9. The van der Waals surface area contributed by atoms with E-state index in [4.69, 9.17) is 16.0 Å². The average Bonchev–Trinajstić information content (AvgIpc) is 3.29. The van der Waals surface area contributed by atoms with Crippen molar-refractivity contribution in [2.24, 2.45) is 0 Å². The highest BCUT2D eigenvalue weighted by Gasteiger charge is 2.16. The molecule has 0 fully saturated rings. The molecule has 1 heterocycles. The van der Waals surface area contributed by atoms with Gasteiger partial charge in [-0.25, -0.2) is 0 Å². The molecule has 32 heavy (non-hydrogen) atoms. The van der Waals surface area contributed by atoms with Gasteiger partial charge in [0.2, 0.25) is 0 Å². The number of furan rings is 1. The Morgan fingerprint density at radius 2 is 1.59 bits per heavy atom. The van der Waals surface area contributed by atoms with Gasteiger partial charge in [0.05, 0.1) is 9.95 Å². The van der Waals surface area contributed by atoms with Crippen LogP contribution in [0.25, 0.3) is 23.5 Å². The van der Waals surface area contributed by atoms with Crippen LogP contribution in [0, 0.1) is 10.1 Å². The summed E-state index contributed by atoms with van der Waals surface area (Å²) in [5.74, 6) is 0.0285. The monoisotopic (exact) mass is 444 g/mol. The fraction of sp³-hybridized carbons (Fsp3) is 0. The molecule has 0 aliphatic carbocycles. The number of carbonyl (C=O) groups excluding carboxylic acids is 1. The van der Waals surface area contributed by atoms with Gasteiger partial charge in [0, 0.05) is 23.4 Å². The molecule has 0 saturated carbocycles. The van der Waals surface area contributed by atoms with Crippen molar-refractivity contribution in [3.63, 3.8) is 0 Å². The Morgan fingerprint density at radius 1 is 0.906 bits per heavy atom. The van der Waals surface area contributed by atoms with E-state index in [0.717, 1.165) is 11.1 Å². The Labute approximate surface area is 188 Å². The van der Waals surface area contributed by atoms with E-state index in [9.17, 15) is 14.9 Å². The molecular formula is C25H17ClN2O4. The lowest BCUT2D eigenvalue weighted by molar-refractivity contribution is -0.384. The minimum Gasteiger partial charge on any atom is -0.451 e. The Balaban J connectivity index is 1.43. The third-order valence-electron chi connectivity index (χ3n) is 4.70. The highest BCUT2D eigenvalue weighted by atomic mass is 35.5. The largest absolute Gasteiger partial charge is 0.451 e. The molecule has 0 spiro atoms. The fourth-order valence-corrected chi connectivity index (χ4v) is 3.32. The molecule has 0 radical (unpaired) electrons. The van der Waals surface area contributed by atoms with Gasteiger partial charge in [-0.3, -0.25) is 14.9 Å². The molecule has 4 rings (SSSR count). The predicted octanol–water partition coefficient (Wildman–Crippen LogP) is 6.93. The molecule has 0 unspecified atom stereocenters. The number of hydrogen-bond donors (Lipinski definition) is 1. The molecule has 1 amide bonds. The van der Waals surface area contributed by atoms with E-state index < -0.39 is 10.8 Å². The molecule has 1 N–H and O–H groups in total. The number of nitrogens with one attached hydrogen (secondary N) is 1. The summed E-state index contributed by atoms with van der Waals surface area (Å²) in [6.07, 6.45) is 4.01. The van der Waals surface area contributed by atoms with Crippen LogP contribution in [0.3, 0.4) is 0 Å². The van der Waals surface area contributed by atoms with Gasteiger partial charge in [-0.2, -0.15) is 0 Å². The van der Waals surface area contributed by atoms with E-state index in [1.807, 2.05) is 54.6 Å². The van der Waals surface area contributed by atoms with Crippen LogP contribution < -0.4 is 5.32 Å². The van der Waals surface area contributed by atoms with Crippen LogP contribution in [-0.2, 0) is 0 Å². The molecule has 0 saturated heterocycles. The van der Waals surface area contributed by atoms with E-state index in [0.29, 0.717) is 17.0 Å². The van der Waals surface area contributed by atoms with Gasteiger partial charge in [0.25, 0.3) is 11.6 Å². The second-order valence-corrected chi connectivity index (χ2v) is 7.31. The van der Waals surface area contributed by atoms with Gasteiger partial charge >= 0.3 is 0 Å². The Kier molecular flexibility index (Phi) is 6.14. The number of nitro benzene ring substituents is 1. The number of nitro groups is 1. The van der Waals surface area contributed by atoms with Gasteiger partial charge < -0.3 is 9.73 Å². The summed E-state index contributed by atoms with van der Waals surface area (Å²) in [5, 5.41) is 13.8. The first kappa shape index (κ1) is 21.1. The summed E-state index contributed by atoms with van der Waals surface area (Å²) in [7, 11) is 0. The van der Waals surface area contributed by atoms with E-state index >= 15 is 0 Å². The van der Waals surface area contributed by atoms with Crippen LogP contribution in [0.5, 0.6) is 0 Å². The van der Waals surface area contributed by atoms with Crippen molar-refractivity contribution >= 4 is 41.0 Å². The smallest absolute Gasteiger partial charge is 0.291 e. The van der Waals surface area contributed by atoms with Gasteiger partial charge in [-0.1, -0.05) is 66.2 Å². The van der Waals surface area contributed by atoms with Crippen LogP contribution in [0.4, 0.5) is 11.4 Å². The highest BCUT2D eigenvalue weighted by Crippen LogP contribution is 2.32. The first-order chi connectivity index (χ1) is 15.5. The lowest BCUT2D eigenvalue weighted by Gasteiger charge is -2.04. The molecule has 0 atom stereocenters. The van der Waals surface area contributed by atoms with Crippen LogP contribution in [0.1, 0.15) is 21.7 Å². The molecule has 6 nitrogen and oxygen atoms in total. The summed E-state index contributed by atoms with van der Waals surface area (Å²) in [6, 6.07) is 24.6. The average molecular weight is 445 g/mol. The zero-order valence-electron chi connectivity index (χ0n) is 16.7. The third-order valence-corrected chi connectivity index (χ3v) is 5.01. The predicted molar refractivity (Wildman–Crippen MR) is 126 cm³/mol. The lowest BCUT2D eigenvalue weighted by Crippen LogP contribution is -2.10. The number of hydrogen-bond acceptors (Lipinski definition) is 4. The Bertz CT molecular complexity index is 1300. The van der Waals surface area contributed by atoms with E-state index in [-0.39, 0.29) is 16.5 Å². The van der Waals surface area contributed by atoms with Crippen molar-refractivity contribution in [2.75, 3.05) is 5.32 Å². The topological polar surface area (TPSA) is 85.4 Å². The number of benzene rings is 3. The number of non-ortho nitro benzene ring substituents is 1. The third kappa shape index (κ3) is 4.94. The maximum absolute atomic E-state index is 12.5. The minimum atomic E-state index is -0.528. The normalized spacial score (nSPS) is 10.9. The van der Waals surface area contributed by atoms with Crippen molar-refractivity contribution < 1.29 is 14.1 Å². The molecule has 0 aliphatic heterocycles. The minimum absolute atomic E-state index is 0.0995. The lowest BCUT2D eigenvalue weighted by atomic mass is 10.1. The molecule has 1 aromatic heterocycles. The second-order valence-electron chi connectivity index (χ2n) is 6.91. The first-order valence-corrected chi connectivity index (χ1v) is 10.1. The summed E-state index contributed by atoms with van der Waals surface area (Å²) in [5.41, 5.74) is 3.07. The Morgan fingerprint density at radius 3 is 2.25 bits per heavy atom. The summed E-state index contributed by atoms with van der Waals surface area (Å²) in [6.45, 7) is 0. The maximum atomic E-state index is 12.5. The van der Waals surface area contributed by atoms with Crippen LogP contribution in [0.15, 0.2) is 89.3 Å². The Hall–Kier alpha value is -4.16. The standard InChI is InChI=1S/C25H17ClN2O4/c26-22-16-20(28(30)31)12-13-21(22)23-14-15-24(32-23)25(29)27-19-10-8-18(9-11-19)7-6-17-4-2-1-3-5-17/h1-16H,(H,27,29). The van der Waals surface area contributed by atoms with Crippen molar-refractivity contribution in [3.8, 4) is 11.3 Å². The van der Waals surface area contributed by atoms with Crippen LogP contribution in [0.2, 0.25) is 5.02 Å². The SMILES string of the molecule is O=C(Nc1ccc(C=Cc2ccccc2)cc1)c1ccc(-c2ccc([N+](=O)[O-])cc2Cl)o1. The fourth-order valence-electron chi connectivity index (χ4n) is 3.05. The molecule has 0 aliphatic rings. The second kappa shape index (κ2) is 9.32. The number of amides is 1. The molecular weight excluding hydrogens is 428 g/mol. The first-order valence-electron chi connectivity index (χ1n) is 9.68. The van der Waals surface area contributed by atoms with Crippen molar-refractivity contribution in [1.29, 1.82) is 0 Å². The molecule has 4 aromatic rings. The van der Waals surface area contributed by atoms with E-state index in [1.165, 1.54) is 24.3 Å². The maximum Gasteiger partial charge on any atom is 0.291 e. The zero-order valence-corrected chi connectivity index (χ0v) is 17.5. The van der Waals surface area contributed by atoms with Crippen molar-refractivity contribution in [3.05, 3.63) is 117 Å². The molecule has 7 heteroatoms. The van der Waals surface area contributed by atoms with Gasteiger partial charge in [-0.05, 0) is 41.5 Å². The number of rotatable bonds is 6. The molecule has 158 valence electrons. The van der Waals surface area contributed by atoms with E-state index in [2.05, 4.69) is 5.32 Å². The number of nitrogens with zero attached hydrogens (tertiary/aromatic N) is 1. The number of carbonyl (C=O) groups is 1. The summed E-state index contributed by atoms with van der Waals surface area (Å²) >= 11 is 6.14. The highest BCUT2D eigenvalue weighted by molar-refractivity contribution is 6.33. The molecule has 3 aromatic carbocycles. The van der Waals surface area contributed by atoms with Crippen molar-refractivity contribution in [2.45, 2.75) is 0 Å². The zero-order chi connectivity index (χ0) is 22.5. The van der Waals surface area contributed by atoms with E-state index in [1.54, 1.807) is 18.2 Å². The van der Waals surface area contributed by atoms with Gasteiger partial charge in [0.1, 0.15) is 5.76 Å². The van der Waals surface area contributed by atoms with Crippen LogP contribution in [-0.4, -0.2) is 10.8 Å². The van der Waals surface area contributed by atoms with Crippen molar-refractivity contribution in [1.82, 2.24) is 0 Å². The quantitative estimate of drug-likeness (QED) is 0.198.